The maximum atomic E-state index is 5.78. The highest BCUT2D eigenvalue weighted by molar-refractivity contribution is 5.37. The predicted octanol–water partition coefficient (Wildman–Crippen LogP) is 4.21. The second-order valence-corrected chi connectivity index (χ2v) is 6.91. The third-order valence-electron chi connectivity index (χ3n) is 5.88. The summed E-state index contributed by atoms with van der Waals surface area (Å²) in [4.78, 5) is 0. The van der Waals surface area contributed by atoms with Gasteiger partial charge in [0, 0.05) is 24.1 Å². The third kappa shape index (κ3) is 2.05. The van der Waals surface area contributed by atoms with Gasteiger partial charge < -0.3 is 10.1 Å². The molecule has 1 aliphatic heterocycles. The smallest absolute Gasteiger partial charge is 0.124 e. The minimum Gasteiger partial charge on any atom is -0.493 e. The van der Waals surface area contributed by atoms with Crippen molar-refractivity contribution in [1.82, 2.24) is 5.32 Å². The van der Waals surface area contributed by atoms with Crippen LogP contribution in [-0.4, -0.2) is 12.6 Å². The van der Waals surface area contributed by atoms with E-state index < -0.39 is 0 Å². The molecule has 4 rings (SSSR count). The lowest BCUT2D eigenvalue weighted by molar-refractivity contribution is 0.0131. The van der Waals surface area contributed by atoms with Gasteiger partial charge in [0.2, 0.25) is 0 Å². The number of fused-ring (bicyclic) bond motifs is 1. The van der Waals surface area contributed by atoms with Crippen LogP contribution >= 0.6 is 0 Å². The van der Waals surface area contributed by atoms with Gasteiger partial charge in [-0.3, -0.25) is 0 Å². The summed E-state index contributed by atoms with van der Waals surface area (Å²) in [5.74, 6) is 1.09. The number of hydrogen-bond acceptors (Lipinski definition) is 2. The highest BCUT2D eigenvalue weighted by Gasteiger charge is 2.47. The zero-order chi connectivity index (χ0) is 13.4. The van der Waals surface area contributed by atoms with Crippen LogP contribution in [0.3, 0.4) is 0 Å². The maximum absolute atomic E-state index is 5.78. The topological polar surface area (TPSA) is 21.3 Å². The Labute approximate surface area is 121 Å². The summed E-state index contributed by atoms with van der Waals surface area (Å²) >= 11 is 0. The molecule has 108 valence electrons. The monoisotopic (exact) mass is 271 g/mol. The van der Waals surface area contributed by atoms with E-state index in [2.05, 4.69) is 29.6 Å². The molecule has 0 amide bonds. The van der Waals surface area contributed by atoms with Gasteiger partial charge in [-0.15, -0.1) is 0 Å². The molecular formula is C18H25NO. The lowest BCUT2D eigenvalue weighted by Crippen LogP contribution is -2.55. The molecule has 0 aromatic heterocycles. The molecule has 0 radical (unpaired) electrons. The number of para-hydroxylation sites is 1. The van der Waals surface area contributed by atoms with Crippen molar-refractivity contribution in [3.63, 3.8) is 0 Å². The summed E-state index contributed by atoms with van der Waals surface area (Å²) in [6.07, 6.45) is 11.2. The SMILES string of the molecule is c1ccc2c(c1)OCCC2NC1CCC12CCCCC2. The predicted molar refractivity (Wildman–Crippen MR) is 81.0 cm³/mol. The van der Waals surface area contributed by atoms with E-state index in [1.54, 1.807) is 0 Å². The number of hydrogen-bond donors (Lipinski definition) is 1. The first kappa shape index (κ1) is 12.7. The molecule has 0 saturated heterocycles. The Morgan fingerprint density at radius 2 is 1.85 bits per heavy atom. The molecule has 2 unspecified atom stereocenters. The van der Waals surface area contributed by atoms with Gasteiger partial charge in [-0.2, -0.15) is 0 Å². The van der Waals surface area contributed by atoms with Crippen molar-refractivity contribution in [1.29, 1.82) is 0 Å². The number of ether oxygens (including phenoxy) is 1. The molecule has 2 heteroatoms. The van der Waals surface area contributed by atoms with Crippen molar-refractivity contribution in [2.75, 3.05) is 6.61 Å². The van der Waals surface area contributed by atoms with Crippen LogP contribution in [0, 0.1) is 5.41 Å². The van der Waals surface area contributed by atoms with E-state index in [-0.39, 0.29) is 0 Å². The average Bonchev–Trinajstić information content (AvgIpc) is 2.52. The Morgan fingerprint density at radius 3 is 2.65 bits per heavy atom. The van der Waals surface area contributed by atoms with Gasteiger partial charge in [-0.05, 0) is 37.2 Å². The first-order valence-electron chi connectivity index (χ1n) is 8.35. The number of nitrogens with one attached hydrogen (secondary N) is 1. The van der Waals surface area contributed by atoms with Crippen LogP contribution in [0.5, 0.6) is 5.75 Å². The highest BCUT2D eigenvalue weighted by Crippen LogP contribution is 2.52. The molecule has 2 aliphatic carbocycles. The fraction of sp³-hybridized carbons (Fsp3) is 0.667. The molecule has 1 N–H and O–H groups in total. The normalized spacial score (nSPS) is 31.2. The Balaban J connectivity index is 1.50. The van der Waals surface area contributed by atoms with E-state index in [1.165, 1.54) is 50.5 Å². The van der Waals surface area contributed by atoms with Crippen molar-refractivity contribution in [2.45, 2.75) is 63.5 Å². The summed E-state index contributed by atoms with van der Waals surface area (Å²) < 4.78 is 5.78. The fourth-order valence-corrected chi connectivity index (χ4v) is 4.57. The zero-order valence-electron chi connectivity index (χ0n) is 12.2. The van der Waals surface area contributed by atoms with E-state index >= 15 is 0 Å². The minimum atomic E-state index is 0.504. The Kier molecular flexibility index (Phi) is 3.22. The molecular weight excluding hydrogens is 246 g/mol. The van der Waals surface area contributed by atoms with Crippen LogP contribution in [0.2, 0.25) is 0 Å². The van der Waals surface area contributed by atoms with Gasteiger partial charge >= 0.3 is 0 Å². The molecule has 0 bridgehead atoms. The summed E-state index contributed by atoms with van der Waals surface area (Å²) in [5.41, 5.74) is 2.02. The third-order valence-corrected chi connectivity index (χ3v) is 5.88. The van der Waals surface area contributed by atoms with Crippen molar-refractivity contribution >= 4 is 0 Å². The Hall–Kier alpha value is -1.02. The van der Waals surface area contributed by atoms with Crippen LogP contribution in [0.15, 0.2) is 24.3 Å². The molecule has 2 saturated carbocycles. The van der Waals surface area contributed by atoms with E-state index in [0.29, 0.717) is 11.5 Å². The van der Waals surface area contributed by atoms with Gasteiger partial charge in [-0.25, -0.2) is 0 Å². The van der Waals surface area contributed by atoms with Crippen molar-refractivity contribution < 1.29 is 4.74 Å². The van der Waals surface area contributed by atoms with E-state index in [0.717, 1.165) is 24.8 Å². The van der Waals surface area contributed by atoms with Gasteiger partial charge in [-0.1, -0.05) is 37.5 Å². The van der Waals surface area contributed by atoms with Crippen molar-refractivity contribution in [3.05, 3.63) is 29.8 Å². The van der Waals surface area contributed by atoms with Gasteiger partial charge in [0.25, 0.3) is 0 Å². The average molecular weight is 271 g/mol. The molecule has 2 nitrogen and oxygen atoms in total. The molecule has 20 heavy (non-hydrogen) atoms. The summed E-state index contributed by atoms with van der Waals surface area (Å²) in [6, 6.07) is 9.81. The maximum Gasteiger partial charge on any atom is 0.124 e. The quantitative estimate of drug-likeness (QED) is 0.870. The van der Waals surface area contributed by atoms with E-state index in [4.69, 9.17) is 4.74 Å². The van der Waals surface area contributed by atoms with Crippen LogP contribution in [-0.2, 0) is 0 Å². The molecule has 2 fully saturated rings. The van der Waals surface area contributed by atoms with Crippen LogP contribution < -0.4 is 10.1 Å². The van der Waals surface area contributed by atoms with Crippen molar-refractivity contribution in [3.8, 4) is 5.75 Å². The Bertz CT molecular complexity index is 478. The van der Waals surface area contributed by atoms with Gasteiger partial charge in [0.05, 0.1) is 6.61 Å². The minimum absolute atomic E-state index is 0.504. The van der Waals surface area contributed by atoms with E-state index in [9.17, 15) is 0 Å². The summed E-state index contributed by atoms with van der Waals surface area (Å²) in [5, 5.41) is 3.99. The fourth-order valence-electron chi connectivity index (χ4n) is 4.57. The lowest BCUT2D eigenvalue weighted by Gasteiger charge is -2.54. The molecule has 1 aromatic carbocycles. The van der Waals surface area contributed by atoms with Crippen LogP contribution in [0.1, 0.15) is 63.0 Å². The van der Waals surface area contributed by atoms with Crippen LogP contribution in [0.25, 0.3) is 0 Å². The number of benzene rings is 1. The van der Waals surface area contributed by atoms with Crippen molar-refractivity contribution in [2.24, 2.45) is 5.41 Å². The van der Waals surface area contributed by atoms with Gasteiger partial charge in [0.15, 0.2) is 0 Å². The van der Waals surface area contributed by atoms with Crippen LogP contribution in [0.4, 0.5) is 0 Å². The Morgan fingerprint density at radius 1 is 1.00 bits per heavy atom. The second kappa shape index (κ2) is 5.07. The number of rotatable bonds is 2. The lowest BCUT2D eigenvalue weighted by atomic mass is 9.57. The standard InChI is InChI=1S/C18H25NO/c1-4-10-18(11-5-1)12-8-17(18)19-15-9-13-20-16-7-3-2-6-14(15)16/h2-3,6-7,15,17,19H,1,4-5,8-13H2. The first-order valence-corrected chi connectivity index (χ1v) is 8.35. The molecule has 3 aliphatic rings. The second-order valence-electron chi connectivity index (χ2n) is 6.91. The van der Waals surface area contributed by atoms with E-state index in [1.807, 2.05) is 0 Å². The summed E-state index contributed by atoms with van der Waals surface area (Å²) in [6.45, 7) is 0.856. The molecule has 1 spiro atoms. The molecule has 2 atom stereocenters. The van der Waals surface area contributed by atoms with Gasteiger partial charge in [0.1, 0.15) is 5.75 Å². The first-order chi connectivity index (χ1) is 9.87. The zero-order valence-corrected chi connectivity index (χ0v) is 12.2. The largest absolute Gasteiger partial charge is 0.493 e. The summed E-state index contributed by atoms with van der Waals surface area (Å²) in [7, 11) is 0. The highest BCUT2D eigenvalue weighted by atomic mass is 16.5. The molecule has 1 aromatic rings. The molecule has 1 heterocycles.